The van der Waals surface area contributed by atoms with E-state index in [1.54, 1.807) is 0 Å². The Morgan fingerprint density at radius 3 is 2.19 bits per heavy atom. The molecular weight excluding hydrogens is 367 g/mol. The largest absolute Gasteiger partial charge is 0.366 e. The first kappa shape index (κ1) is 17.7. The third-order valence-electron chi connectivity index (χ3n) is 3.67. The summed E-state index contributed by atoms with van der Waals surface area (Å²) in [6.07, 6.45) is 0. The van der Waals surface area contributed by atoms with Crippen molar-refractivity contribution in [1.29, 1.82) is 0 Å². The Kier molecular flexibility index (Phi) is 4.30. The number of hydrogen-bond acceptors (Lipinski definition) is 6. The third-order valence-corrected chi connectivity index (χ3v) is 5.08. The molecule has 0 atom stereocenters. The van der Waals surface area contributed by atoms with Crippen molar-refractivity contribution < 1.29 is 32.0 Å². The van der Waals surface area contributed by atoms with Crippen LogP contribution in [0.4, 0.5) is 4.39 Å². The fourth-order valence-corrected chi connectivity index (χ4v) is 3.08. The highest BCUT2D eigenvalue weighted by Crippen LogP contribution is 2.24. The van der Waals surface area contributed by atoms with E-state index in [0.29, 0.717) is 0 Å². The van der Waals surface area contributed by atoms with E-state index in [1.807, 2.05) is 4.72 Å². The number of hydrogen-bond donors (Lipinski definition) is 1. The van der Waals surface area contributed by atoms with Crippen LogP contribution >= 0.6 is 0 Å². The molecule has 0 bridgehead atoms. The van der Waals surface area contributed by atoms with Crippen molar-refractivity contribution in [3.63, 3.8) is 0 Å². The van der Waals surface area contributed by atoms with Crippen molar-refractivity contribution in [2.75, 3.05) is 7.05 Å². The van der Waals surface area contributed by atoms with E-state index in [4.69, 9.17) is 4.84 Å². The van der Waals surface area contributed by atoms with Crippen molar-refractivity contribution in [3.8, 4) is 0 Å². The Bertz CT molecular complexity index is 1020. The van der Waals surface area contributed by atoms with Gasteiger partial charge in [0.2, 0.25) is 10.0 Å². The van der Waals surface area contributed by atoms with Crippen molar-refractivity contribution in [1.82, 2.24) is 9.79 Å². The molecule has 1 aliphatic heterocycles. The summed E-state index contributed by atoms with van der Waals surface area (Å²) in [4.78, 5) is 40.9. The molecule has 26 heavy (non-hydrogen) atoms. The third kappa shape index (κ3) is 2.85. The molecule has 0 saturated heterocycles. The second-order valence-electron chi connectivity index (χ2n) is 5.18. The second kappa shape index (κ2) is 6.32. The van der Waals surface area contributed by atoms with E-state index < -0.39 is 39.2 Å². The summed E-state index contributed by atoms with van der Waals surface area (Å²) in [5.74, 6) is -4.21. The Balaban J connectivity index is 1.91. The maximum atomic E-state index is 13.9. The minimum atomic E-state index is -3.94. The normalized spacial score (nSPS) is 13.7. The van der Waals surface area contributed by atoms with Gasteiger partial charge in [-0.25, -0.2) is 22.3 Å². The number of amides is 2. The maximum Gasteiger partial charge on any atom is 0.366 e. The molecule has 0 aliphatic carbocycles. The molecule has 1 aliphatic rings. The molecule has 8 nitrogen and oxygen atoms in total. The highest BCUT2D eigenvalue weighted by molar-refractivity contribution is 7.89. The molecule has 0 radical (unpaired) electrons. The van der Waals surface area contributed by atoms with E-state index >= 15 is 0 Å². The molecule has 1 heterocycles. The lowest BCUT2D eigenvalue weighted by Crippen LogP contribution is -2.33. The Morgan fingerprint density at radius 2 is 1.65 bits per heavy atom. The Morgan fingerprint density at radius 1 is 1.08 bits per heavy atom. The van der Waals surface area contributed by atoms with E-state index in [9.17, 15) is 27.2 Å². The van der Waals surface area contributed by atoms with Crippen LogP contribution in [0.5, 0.6) is 0 Å². The van der Waals surface area contributed by atoms with Crippen LogP contribution in [-0.4, -0.2) is 38.3 Å². The average Bonchev–Trinajstić information content (AvgIpc) is 2.87. The van der Waals surface area contributed by atoms with Gasteiger partial charge in [-0.2, -0.15) is 0 Å². The molecule has 2 aromatic carbocycles. The van der Waals surface area contributed by atoms with Gasteiger partial charge >= 0.3 is 5.97 Å². The summed E-state index contributed by atoms with van der Waals surface area (Å²) in [5, 5.41) is 0.214. The predicted molar refractivity (Wildman–Crippen MR) is 85.0 cm³/mol. The highest BCUT2D eigenvalue weighted by Gasteiger charge is 2.39. The number of sulfonamides is 1. The summed E-state index contributed by atoms with van der Waals surface area (Å²) in [6, 6.07) is 8.29. The average molecular weight is 378 g/mol. The Hall–Kier alpha value is -3.11. The van der Waals surface area contributed by atoms with Gasteiger partial charge in [-0.15, -0.1) is 0 Å². The first-order valence-electron chi connectivity index (χ1n) is 7.19. The van der Waals surface area contributed by atoms with Crippen LogP contribution < -0.4 is 4.72 Å². The number of imide groups is 1. The fourth-order valence-electron chi connectivity index (χ4n) is 2.33. The minimum Gasteiger partial charge on any atom is -0.324 e. The molecule has 0 aromatic heterocycles. The van der Waals surface area contributed by atoms with Gasteiger partial charge in [-0.3, -0.25) is 9.59 Å². The zero-order valence-electron chi connectivity index (χ0n) is 13.2. The SMILES string of the molecule is CNS(=O)(=O)c1ccc(F)c(C(=O)ON2C(=O)c3ccccc3C2=O)c1. The molecule has 2 amide bonds. The first-order valence-corrected chi connectivity index (χ1v) is 8.68. The van der Waals surface area contributed by atoms with E-state index in [-0.39, 0.29) is 21.1 Å². The zero-order valence-corrected chi connectivity index (χ0v) is 14.0. The van der Waals surface area contributed by atoms with Gasteiger partial charge in [0, 0.05) is 0 Å². The number of carbonyl (C=O) groups excluding carboxylic acids is 3. The predicted octanol–water partition coefficient (Wildman–Crippen LogP) is 1.10. The van der Waals surface area contributed by atoms with Gasteiger partial charge in [-0.1, -0.05) is 17.2 Å². The van der Waals surface area contributed by atoms with Crippen molar-refractivity contribution in [2.45, 2.75) is 4.90 Å². The molecule has 2 aromatic rings. The molecule has 0 saturated carbocycles. The molecular formula is C16H11FN2O6S. The van der Waals surface area contributed by atoms with Gasteiger partial charge in [0.15, 0.2) is 0 Å². The van der Waals surface area contributed by atoms with Crippen molar-refractivity contribution in [3.05, 3.63) is 65.0 Å². The first-order chi connectivity index (χ1) is 12.3. The van der Waals surface area contributed by atoms with Crippen LogP contribution in [-0.2, 0) is 14.9 Å². The van der Waals surface area contributed by atoms with E-state index in [2.05, 4.69) is 0 Å². The number of fused-ring (bicyclic) bond motifs is 1. The van der Waals surface area contributed by atoms with Crippen LogP contribution in [0.2, 0.25) is 0 Å². The number of hydroxylamine groups is 2. The molecule has 0 spiro atoms. The van der Waals surface area contributed by atoms with Crippen molar-refractivity contribution in [2.24, 2.45) is 0 Å². The highest BCUT2D eigenvalue weighted by atomic mass is 32.2. The molecule has 0 unspecified atom stereocenters. The standard InChI is InChI=1S/C16H11FN2O6S/c1-18-26(23,24)9-6-7-13(17)12(8-9)16(22)25-19-14(20)10-4-2-3-5-11(10)15(19)21/h2-8,18H,1H3. The lowest BCUT2D eigenvalue weighted by Gasteiger charge is -2.13. The molecule has 0 fully saturated rings. The van der Waals surface area contributed by atoms with Gasteiger partial charge in [-0.05, 0) is 37.4 Å². The lowest BCUT2D eigenvalue weighted by atomic mass is 10.1. The van der Waals surface area contributed by atoms with Gasteiger partial charge in [0.25, 0.3) is 11.8 Å². The van der Waals surface area contributed by atoms with Crippen LogP contribution in [0.15, 0.2) is 47.4 Å². The van der Waals surface area contributed by atoms with E-state index in [1.165, 1.54) is 24.3 Å². The number of nitrogens with one attached hydrogen (secondary N) is 1. The zero-order chi connectivity index (χ0) is 19.1. The monoisotopic (exact) mass is 378 g/mol. The Labute approximate surface area is 147 Å². The molecule has 134 valence electrons. The quantitative estimate of drug-likeness (QED) is 0.798. The van der Waals surface area contributed by atoms with Crippen molar-refractivity contribution >= 4 is 27.8 Å². The van der Waals surface area contributed by atoms with Crippen LogP contribution in [0.3, 0.4) is 0 Å². The summed E-state index contributed by atoms with van der Waals surface area (Å²) in [5.41, 5.74) is -0.660. The minimum absolute atomic E-state index is 0.0392. The fraction of sp³-hybridized carbons (Fsp3) is 0.0625. The number of benzene rings is 2. The molecule has 10 heteroatoms. The second-order valence-corrected chi connectivity index (χ2v) is 7.06. The smallest absolute Gasteiger partial charge is 0.324 e. The van der Waals surface area contributed by atoms with E-state index in [0.717, 1.165) is 25.2 Å². The van der Waals surface area contributed by atoms with Gasteiger partial charge in [0.05, 0.1) is 21.6 Å². The lowest BCUT2D eigenvalue weighted by molar-refractivity contribution is -0.0587. The van der Waals surface area contributed by atoms with Gasteiger partial charge < -0.3 is 4.84 Å². The van der Waals surface area contributed by atoms with Crippen LogP contribution in [0.1, 0.15) is 31.1 Å². The summed E-state index contributed by atoms with van der Waals surface area (Å²) in [7, 11) is -2.79. The summed E-state index contributed by atoms with van der Waals surface area (Å²) < 4.78 is 39.5. The molecule has 3 rings (SSSR count). The number of nitrogens with zero attached hydrogens (tertiary/aromatic N) is 1. The number of rotatable bonds is 4. The van der Waals surface area contributed by atoms with Gasteiger partial charge in [0.1, 0.15) is 5.82 Å². The topological polar surface area (TPSA) is 110 Å². The number of carbonyl (C=O) groups is 3. The van der Waals surface area contributed by atoms with Crippen LogP contribution in [0.25, 0.3) is 0 Å². The van der Waals surface area contributed by atoms with Crippen LogP contribution in [0, 0.1) is 5.82 Å². The molecule has 1 N–H and O–H groups in total. The summed E-state index contributed by atoms with van der Waals surface area (Å²) in [6.45, 7) is 0. The summed E-state index contributed by atoms with van der Waals surface area (Å²) >= 11 is 0. The number of halogens is 1. The maximum absolute atomic E-state index is 13.9.